The number of nitrogen functional groups attached to an aromatic ring is 1. The Balaban J connectivity index is 1.66. The van der Waals surface area contributed by atoms with Gasteiger partial charge in [-0.15, -0.1) is 11.3 Å². The topological polar surface area (TPSA) is 139 Å². The number of nitrogens with one attached hydrogen (secondary N) is 2. The van der Waals surface area contributed by atoms with Crippen molar-refractivity contribution in [3.05, 3.63) is 29.1 Å². The van der Waals surface area contributed by atoms with Crippen molar-refractivity contribution in [2.24, 2.45) is 5.73 Å². The molecular weight excluding hydrogens is 434 g/mol. The van der Waals surface area contributed by atoms with E-state index in [0.717, 1.165) is 43.1 Å². The number of fused-ring (bicyclic) bond motifs is 1. The van der Waals surface area contributed by atoms with Crippen LogP contribution in [0.2, 0.25) is 0 Å². The smallest absolute Gasteiger partial charge is 0.260 e. The van der Waals surface area contributed by atoms with Crippen molar-refractivity contribution in [2.45, 2.75) is 5.16 Å². The van der Waals surface area contributed by atoms with Gasteiger partial charge in [0.25, 0.3) is 5.91 Å². The van der Waals surface area contributed by atoms with Crippen LogP contribution >= 0.6 is 23.1 Å². The summed E-state index contributed by atoms with van der Waals surface area (Å²) in [5.74, 6) is -0.658. The third-order valence-electron chi connectivity index (χ3n) is 4.97. The fourth-order valence-corrected chi connectivity index (χ4v) is 4.87. The van der Waals surface area contributed by atoms with Gasteiger partial charge in [-0.1, -0.05) is 23.9 Å². The van der Waals surface area contributed by atoms with Crippen molar-refractivity contribution in [3.8, 4) is 11.3 Å². The summed E-state index contributed by atoms with van der Waals surface area (Å²) in [7, 11) is 0. The monoisotopic (exact) mass is 457 g/mol. The average molecular weight is 458 g/mol. The van der Waals surface area contributed by atoms with Crippen LogP contribution in [0.1, 0.15) is 9.67 Å². The van der Waals surface area contributed by atoms with Gasteiger partial charge in [-0.3, -0.25) is 14.5 Å². The van der Waals surface area contributed by atoms with Crippen LogP contribution in [0, 0.1) is 0 Å². The number of hydrogen-bond donors (Lipinski definition) is 4. The largest absolute Gasteiger partial charge is 0.397 e. The molecule has 4 rings (SSSR count). The number of thiophene rings is 1. The normalized spacial score (nSPS) is 14.6. The van der Waals surface area contributed by atoms with E-state index in [0.29, 0.717) is 33.3 Å². The van der Waals surface area contributed by atoms with Crippen LogP contribution in [0.25, 0.3) is 21.5 Å². The molecule has 162 valence electrons. The van der Waals surface area contributed by atoms with E-state index in [1.54, 1.807) is 0 Å². The van der Waals surface area contributed by atoms with Gasteiger partial charge in [0.05, 0.1) is 23.3 Å². The molecule has 0 spiro atoms. The summed E-state index contributed by atoms with van der Waals surface area (Å²) in [6.45, 7) is 3.83. The molecule has 11 heteroatoms. The molecule has 0 atom stereocenters. The maximum Gasteiger partial charge on any atom is 0.260 e. The molecule has 1 saturated heterocycles. The molecule has 0 bridgehead atoms. The van der Waals surface area contributed by atoms with Crippen LogP contribution in [-0.4, -0.2) is 65.7 Å². The lowest BCUT2D eigenvalue weighted by Gasteiger charge is -2.26. The molecule has 9 nitrogen and oxygen atoms in total. The number of carbonyl (C=O) groups is 2. The third kappa shape index (κ3) is 4.64. The Morgan fingerprint density at radius 2 is 2.06 bits per heavy atom. The molecule has 1 fully saturated rings. The molecule has 0 radical (unpaired) electrons. The van der Waals surface area contributed by atoms with Gasteiger partial charge >= 0.3 is 0 Å². The summed E-state index contributed by atoms with van der Waals surface area (Å²) in [6, 6.07) is 7.42. The Morgan fingerprint density at radius 1 is 1.29 bits per heavy atom. The van der Waals surface area contributed by atoms with Crippen LogP contribution in [0.5, 0.6) is 0 Å². The zero-order valence-corrected chi connectivity index (χ0v) is 18.6. The van der Waals surface area contributed by atoms with E-state index in [9.17, 15) is 9.59 Å². The van der Waals surface area contributed by atoms with E-state index >= 15 is 0 Å². The fourth-order valence-electron chi connectivity index (χ4n) is 3.50. The summed E-state index contributed by atoms with van der Waals surface area (Å²) in [6.07, 6.45) is 1.88. The summed E-state index contributed by atoms with van der Waals surface area (Å²) in [4.78, 5) is 36.4. The Hall–Kier alpha value is -2.73. The second kappa shape index (κ2) is 9.18. The molecule has 0 saturated carbocycles. The number of primary amides is 1. The van der Waals surface area contributed by atoms with Gasteiger partial charge in [0.1, 0.15) is 9.71 Å². The number of thioether (sulfide) groups is 1. The lowest BCUT2D eigenvalue weighted by molar-refractivity contribution is -0.117. The highest BCUT2D eigenvalue weighted by molar-refractivity contribution is 7.98. The van der Waals surface area contributed by atoms with Crippen LogP contribution in [0.4, 0.5) is 11.4 Å². The van der Waals surface area contributed by atoms with Gasteiger partial charge in [0, 0.05) is 37.4 Å². The third-order valence-corrected chi connectivity index (χ3v) is 6.63. The van der Waals surface area contributed by atoms with Crippen molar-refractivity contribution in [2.75, 3.05) is 50.0 Å². The predicted octanol–water partition coefficient (Wildman–Crippen LogP) is 1.60. The SMILES string of the molecule is CSc1nc(-c2cccc(NC(=O)CN3CCNCC3)c2)c2c(N)c(C(N)=O)sc2n1. The summed E-state index contributed by atoms with van der Waals surface area (Å²) in [5.41, 5.74) is 14.0. The number of piperazine rings is 1. The van der Waals surface area contributed by atoms with E-state index in [1.807, 2.05) is 30.5 Å². The predicted molar refractivity (Wildman–Crippen MR) is 126 cm³/mol. The highest BCUT2D eigenvalue weighted by Crippen LogP contribution is 2.39. The first-order valence-corrected chi connectivity index (χ1v) is 11.8. The van der Waals surface area contributed by atoms with Gasteiger partial charge in [0.15, 0.2) is 5.16 Å². The number of nitrogens with zero attached hydrogens (tertiary/aromatic N) is 3. The quantitative estimate of drug-likeness (QED) is 0.323. The Bertz CT molecular complexity index is 1140. The van der Waals surface area contributed by atoms with Gasteiger partial charge in [-0.25, -0.2) is 9.97 Å². The van der Waals surface area contributed by atoms with E-state index in [-0.39, 0.29) is 16.5 Å². The molecule has 2 amide bonds. The molecule has 1 aliphatic heterocycles. The zero-order valence-electron chi connectivity index (χ0n) is 17.0. The highest BCUT2D eigenvalue weighted by atomic mass is 32.2. The summed E-state index contributed by atoms with van der Waals surface area (Å²) >= 11 is 2.56. The molecule has 0 unspecified atom stereocenters. The molecule has 31 heavy (non-hydrogen) atoms. The minimum atomic E-state index is -0.592. The highest BCUT2D eigenvalue weighted by Gasteiger charge is 2.21. The minimum absolute atomic E-state index is 0.0669. The lowest BCUT2D eigenvalue weighted by Crippen LogP contribution is -2.46. The molecule has 1 aliphatic rings. The number of carbonyl (C=O) groups excluding carboxylic acids is 2. The molecule has 3 heterocycles. The van der Waals surface area contributed by atoms with E-state index < -0.39 is 5.91 Å². The number of aromatic nitrogens is 2. The number of hydrogen-bond acceptors (Lipinski definition) is 9. The van der Waals surface area contributed by atoms with E-state index in [2.05, 4.69) is 25.5 Å². The van der Waals surface area contributed by atoms with E-state index in [4.69, 9.17) is 11.5 Å². The Labute approximate surface area is 187 Å². The fraction of sp³-hybridized carbons (Fsp3) is 0.300. The van der Waals surface area contributed by atoms with Gasteiger partial charge in [-0.05, 0) is 18.4 Å². The number of anilines is 2. The maximum absolute atomic E-state index is 12.5. The van der Waals surface area contributed by atoms with Crippen LogP contribution in [0.3, 0.4) is 0 Å². The first kappa shape index (κ1) is 21.5. The van der Waals surface area contributed by atoms with Crippen molar-refractivity contribution >= 4 is 56.5 Å². The van der Waals surface area contributed by atoms with Gasteiger partial charge < -0.3 is 22.1 Å². The first-order chi connectivity index (χ1) is 15.0. The molecule has 2 aromatic heterocycles. The minimum Gasteiger partial charge on any atom is -0.397 e. The van der Waals surface area contributed by atoms with Crippen LogP contribution in [0.15, 0.2) is 29.4 Å². The lowest BCUT2D eigenvalue weighted by atomic mass is 10.1. The Kier molecular flexibility index (Phi) is 6.37. The molecule has 3 aromatic rings. The van der Waals surface area contributed by atoms with Crippen molar-refractivity contribution in [3.63, 3.8) is 0 Å². The number of amides is 2. The first-order valence-electron chi connectivity index (χ1n) is 9.73. The molecular formula is C20H23N7O2S2. The van der Waals surface area contributed by atoms with Crippen molar-refractivity contribution in [1.82, 2.24) is 20.2 Å². The summed E-state index contributed by atoms with van der Waals surface area (Å²) < 4.78 is 0. The van der Waals surface area contributed by atoms with Crippen molar-refractivity contribution in [1.29, 1.82) is 0 Å². The number of rotatable bonds is 6. The molecule has 0 aliphatic carbocycles. The van der Waals surface area contributed by atoms with E-state index in [1.165, 1.54) is 11.8 Å². The molecule has 6 N–H and O–H groups in total. The van der Waals surface area contributed by atoms with Crippen LogP contribution < -0.4 is 22.1 Å². The standard InChI is InChI=1S/C20H23N7O2S2/c1-30-20-25-16(14-15(21)17(18(22)29)31-19(14)26-20)11-3-2-4-12(9-11)24-13(28)10-27-7-5-23-6-8-27/h2-4,9,23H,5-8,10,21H2,1H3,(H2,22,29)(H,24,28). The van der Waals surface area contributed by atoms with Crippen LogP contribution in [-0.2, 0) is 4.79 Å². The average Bonchev–Trinajstić information content (AvgIpc) is 3.10. The zero-order chi connectivity index (χ0) is 22.0. The second-order valence-corrected chi connectivity index (χ2v) is 8.88. The van der Waals surface area contributed by atoms with Gasteiger partial charge in [0.2, 0.25) is 5.91 Å². The van der Waals surface area contributed by atoms with Gasteiger partial charge in [-0.2, -0.15) is 0 Å². The number of nitrogens with two attached hydrogens (primary N) is 2. The van der Waals surface area contributed by atoms with Crippen molar-refractivity contribution < 1.29 is 9.59 Å². The maximum atomic E-state index is 12.5. The molecule has 1 aromatic carbocycles. The number of benzene rings is 1. The summed E-state index contributed by atoms with van der Waals surface area (Å²) in [5, 5.41) is 7.40. The second-order valence-electron chi connectivity index (χ2n) is 7.10. The Morgan fingerprint density at radius 3 is 2.77 bits per heavy atom.